The van der Waals surface area contributed by atoms with Gasteiger partial charge in [-0.25, -0.2) is 0 Å². The van der Waals surface area contributed by atoms with E-state index in [1.165, 1.54) is 12.3 Å². The van der Waals surface area contributed by atoms with Crippen molar-refractivity contribution in [3.63, 3.8) is 0 Å². The first-order chi connectivity index (χ1) is 22.9. The van der Waals surface area contributed by atoms with Crippen molar-refractivity contribution >= 4 is 24.2 Å². The third-order valence-corrected chi connectivity index (χ3v) is 7.72. The van der Waals surface area contributed by atoms with Crippen LogP contribution in [0.1, 0.15) is 67.9 Å². The zero-order valence-electron chi connectivity index (χ0n) is 26.7. The van der Waals surface area contributed by atoms with Crippen molar-refractivity contribution in [2.75, 3.05) is 0 Å². The summed E-state index contributed by atoms with van der Waals surface area (Å²) in [6.45, 7) is 8.81. The van der Waals surface area contributed by atoms with Crippen LogP contribution in [-0.4, -0.2) is 17.6 Å². The van der Waals surface area contributed by atoms with Crippen LogP contribution < -0.4 is 14.2 Å². The molecule has 5 aromatic rings. The van der Waals surface area contributed by atoms with Gasteiger partial charge in [0, 0.05) is 29.6 Å². The Hall–Kier alpha value is -5.45. The molecular weight excluding hydrogens is 612 g/mol. The van der Waals surface area contributed by atoms with Gasteiger partial charge in [0.25, 0.3) is 0 Å². The van der Waals surface area contributed by atoms with Crippen LogP contribution in [0, 0.1) is 25.2 Å². The summed E-state index contributed by atoms with van der Waals surface area (Å²) in [7, 11) is 0. The molecule has 0 spiro atoms. The van der Waals surface area contributed by atoms with Crippen molar-refractivity contribution in [3.05, 3.63) is 141 Å². The van der Waals surface area contributed by atoms with Gasteiger partial charge in [0.2, 0.25) is 0 Å². The molecule has 7 nitrogen and oxygen atoms in total. The number of nitrogens with zero attached hydrogens (tertiary/aromatic N) is 2. The van der Waals surface area contributed by atoms with E-state index in [4.69, 9.17) is 31.1 Å². The van der Waals surface area contributed by atoms with Gasteiger partial charge in [-0.2, -0.15) is 5.26 Å². The van der Waals surface area contributed by atoms with Crippen molar-refractivity contribution in [2.45, 2.75) is 47.5 Å². The van der Waals surface area contributed by atoms with Crippen LogP contribution in [-0.2, 0) is 19.8 Å². The molecule has 0 unspecified atom stereocenters. The first-order valence-corrected chi connectivity index (χ1v) is 15.5. The fourth-order valence-electron chi connectivity index (χ4n) is 4.87. The summed E-state index contributed by atoms with van der Waals surface area (Å²) in [5.74, 6) is 1.46. The maximum absolute atomic E-state index is 11.7. The number of pyridine rings is 1. The van der Waals surface area contributed by atoms with Gasteiger partial charge in [0.15, 0.2) is 6.29 Å². The quantitative estimate of drug-likeness (QED) is 0.125. The molecule has 0 aliphatic rings. The largest absolute Gasteiger partial charge is 0.489 e. The number of carbonyl (C=O) groups excluding carboxylic acids is 2. The molecule has 0 amide bonds. The molecule has 8 heteroatoms. The molecule has 0 bridgehead atoms. The van der Waals surface area contributed by atoms with E-state index in [0.717, 1.165) is 45.4 Å². The van der Waals surface area contributed by atoms with Crippen LogP contribution in [0.3, 0.4) is 0 Å². The molecule has 0 radical (unpaired) electrons. The maximum atomic E-state index is 11.7. The highest BCUT2D eigenvalue weighted by molar-refractivity contribution is 6.32. The predicted octanol–water partition coefficient (Wildman–Crippen LogP) is 9.28. The van der Waals surface area contributed by atoms with E-state index in [2.05, 4.69) is 17.1 Å². The fourth-order valence-corrected chi connectivity index (χ4v) is 5.10. The molecule has 4 aromatic carbocycles. The average molecular weight is 647 g/mol. The highest BCUT2D eigenvalue weighted by Crippen LogP contribution is 2.36. The van der Waals surface area contributed by atoms with Crippen LogP contribution in [0.2, 0.25) is 5.02 Å². The molecule has 0 N–H and O–H groups in total. The van der Waals surface area contributed by atoms with Crippen molar-refractivity contribution < 1.29 is 23.8 Å². The molecule has 0 saturated carbocycles. The average Bonchev–Trinajstić information content (AvgIpc) is 3.11. The van der Waals surface area contributed by atoms with E-state index < -0.39 is 0 Å². The Labute approximate surface area is 280 Å². The normalized spacial score (nSPS) is 10.2. The second kappa shape index (κ2) is 16.7. The Morgan fingerprint density at radius 1 is 0.723 bits per heavy atom. The standard InChI is InChI=1S/C37H29ClN2O5.C2H6/c1-24-30(23-45-37-15-36(31(20-42)14-34(37)38)44-22-29-13-28(16-39)17-40-18-29)5-3-6-32(24)33-7-4-8-35(25(33)2)43-21-27-11-9-26(19-41)10-12-27;1-2/h3-15,17-20H,21-23H2,1-2H3;1-2H3. The van der Waals surface area contributed by atoms with E-state index in [1.807, 2.05) is 70.2 Å². The smallest absolute Gasteiger partial charge is 0.153 e. The lowest BCUT2D eigenvalue weighted by Crippen LogP contribution is -2.03. The SMILES string of the molecule is CC.Cc1c(COc2cc(OCc3cncc(C#N)c3)c(C=O)cc2Cl)cccc1-c1cccc(OCc2ccc(C=O)cc2)c1C. The number of hydrogen-bond acceptors (Lipinski definition) is 7. The summed E-state index contributed by atoms with van der Waals surface area (Å²) in [5.41, 5.74) is 8.10. The molecule has 0 fully saturated rings. The number of halogens is 1. The number of carbonyl (C=O) groups is 2. The third kappa shape index (κ3) is 8.63. The van der Waals surface area contributed by atoms with Crippen LogP contribution in [0.4, 0.5) is 0 Å². The Kier molecular flexibility index (Phi) is 12.3. The minimum absolute atomic E-state index is 0.111. The Balaban J connectivity index is 0.00000245. The summed E-state index contributed by atoms with van der Waals surface area (Å²) >= 11 is 6.48. The first kappa shape index (κ1) is 34.4. The minimum Gasteiger partial charge on any atom is -0.489 e. The topological polar surface area (TPSA) is 98.5 Å². The molecule has 0 aliphatic heterocycles. The molecule has 0 saturated heterocycles. The number of rotatable bonds is 12. The van der Waals surface area contributed by atoms with Crippen LogP contribution in [0.15, 0.2) is 91.3 Å². The van der Waals surface area contributed by atoms with E-state index in [0.29, 0.717) is 41.1 Å². The van der Waals surface area contributed by atoms with Gasteiger partial charge < -0.3 is 14.2 Å². The van der Waals surface area contributed by atoms with E-state index in [-0.39, 0.29) is 23.8 Å². The Morgan fingerprint density at radius 2 is 1.38 bits per heavy atom. The van der Waals surface area contributed by atoms with Crippen LogP contribution >= 0.6 is 11.6 Å². The molecule has 238 valence electrons. The number of benzene rings is 4. The van der Waals surface area contributed by atoms with Gasteiger partial charge in [0.05, 0.1) is 16.1 Å². The number of ether oxygens (including phenoxy) is 3. The summed E-state index contributed by atoms with van der Waals surface area (Å²) in [6.07, 6.45) is 4.56. The first-order valence-electron chi connectivity index (χ1n) is 15.1. The zero-order valence-corrected chi connectivity index (χ0v) is 27.5. The van der Waals surface area contributed by atoms with Gasteiger partial charge >= 0.3 is 0 Å². The fraction of sp³-hybridized carbons (Fsp3) is 0.179. The van der Waals surface area contributed by atoms with Crippen molar-refractivity contribution in [2.24, 2.45) is 0 Å². The minimum atomic E-state index is 0.111. The number of aldehydes is 2. The molecule has 0 atom stereocenters. The second-order valence-electron chi connectivity index (χ2n) is 10.4. The lowest BCUT2D eigenvalue weighted by Gasteiger charge is -2.17. The van der Waals surface area contributed by atoms with Crippen molar-refractivity contribution in [3.8, 4) is 34.4 Å². The molecule has 1 heterocycles. The predicted molar refractivity (Wildman–Crippen MR) is 183 cm³/mol. The number of aromatic nitrogens is 1. The van der Waals surface area contributed by atoms with Crippen LogP contribution in [0.25, 0.3) is 11.1 Å². The molecule has 5 rings (SSSR count). The third-order valence-electron chi connectivity index (χ3n) is 7.42. The summed E-state index contributed by atoms with van der Waals surface area (Å²) in [4.78, 5) is 26.7. The van der Waals surface area contributed by atoms with Gasteiger partial charge in [-0.3, -0.25) is 14.6 Å². The lowest BCUT2D eigenvalue weighted by molar-refractivity contribution is 0.111. The lowest BCUT2D eigenvalue weighted by atomic mass is 9.93. The zero-order chi connectivity index (χ0) is 33.8. The number of hydrogen-bond donors (Lipinski definition) is 0. The second-order valence-corrected chi connectivity index (χ2v) is 10.8. The molecule has 1 aromatic heterocycles. The summed E-state index contributed by atoms with van der Waals surface area (Å²) in [6, 6.07) is 26.2. The highest BCUT2D eigenvalue weighted by atomic mass is 35.5. The Morgan fingerprint density at radius 3 is 2.09 bits per heavy atom. The van der Waals surface area contributed by atoms with Crippen molar-refractivity contribution in [1.29, 1.82) is 5.26 Å². The molecule has 47 heavy (non-hydrogen) atoms. The highest BCUT2D eigenvalue weighted by Gasteiger charge is 2.15. The number of nitriles is 1. The molecule has 0 aliphatic carbocycles. The summed E-state index contributed by atoms with van der Waals surface area (Å²) in [5, 5.41) is 9.41. The summed E-state index contributed by atoms with van der Waals surface area (Å²) < 4.78 is 18.2. The van der Waals surface area contributed by atoms with E-state index in [1.54, 1.807) is 30.5 Å². The van der Waals surface area contributed by atoms with Gasteiger partial charge in [-0.15, -0.1) is 0 Å². The van der Waals surface area contributed by atoms with Gasteiger partial charge in [-0.1, -0.05) is 80.0 Å². The maximum Gasteiger partial charge on any atom is 0.153 e. The molecular formula is C39H35ClN2O5. The van der Waals surface area contributed by atoms with E-state index >= 15 is 0 Å². The van der Waals surface area contributed by atoms with E-state index in [9.17, 15) is 9.59 Å². The monoisotopic (exact) mass is 646 g/mol. The van der Waals surface area contributed by atoms with Crippen LogP contribution in [0.5, 0.6) is 17.2 Å². The van der Waals surface area contributed by atoms with Gasteiger partial charge in [-0.05, 0) is 65.4 Å². The van der Waals surface area contributed by atoms with Crippen molar-refractivity contribution in [1.82, 2.24) is 4.98 Å². The van der Waals surface area contributed by atoms with Gasteiger partial charge in [0.1, 0.15) is 49.4 Å². The Bertz CT molecular complexity index is 1900.